The predicted octanol–water partition coefficient (Wildman–Crippen LogP) is 5.33. The molecule has 5 nitrogen and oxygen atoms in total. The number of nitrogens with one attached hydrogen (secondary N) is 1. The van der Waals surface area contributed by atoms with Gasteiger partial charge in [0, 0.05) is 17.3 Å². The molecule has 0 unspecified atom stereocenters. The van der Waals surface area contributed by atoms with E-state index in [0.29, 0.717) is 17.6 Å². The van der Waals surface area contributed by atoms with Crippen LogP contribution in [0, 0.1) is 6.92 Å². The Hall–Kier alpha value is -2.99. The number of thiocarbonyl (C=S) groups is 1. The van der Waals surface area contributed by atoms with Gasteiger partial charge in [0.05, 0.1) is 5.69 Å². The average Bonchev–Trinajstić information content (AvgIpc) is 2.70. The Morgan fingerprint density at radius 2 is 1.88 bits per heavy atom. The van der Waals surface area contributed by atoms with Crippen molar-refractivity contribution >= 4 is 46.6 Å². The molecule has 4 rings (SSSR count). The summed E-state index contributed by atoms with van der Waals surface area (Å²) in [6.07, 6.45) is 2.71. The smallest absolute Gasteiger partial charge is 0.270 e. The number of amides is 2. The maximum Gasteiger partial charge on any atom is 0.270 e. The van der Waals surface area contributed by atoms with Gasteiger partial charge in [-0.1, -0.05) is 25.1 Å². The van der Waals surface area contributed by atoms with Crippen molar-refractivity contribution in [1.82, 2.24) is 5.32 Å². The summed E-state index contributed by atoms with van der Waals surface area (Å²) < 4.78 is 0. The monoisotopic (exact) mass is 461 g/mol. The topological polar surface area (TPSA) is 52.7 Å². The Morgan fingerprint density at radius 1 is 1.15 bits per heavy atom. The molecule has 0 aliphatic carbocycles. The number of carbonyl (C=O) groups excluding carboxylic acids is 2. The van der Waals surface area contributed by atoms with Crippen molar-refractivity contribution < 1.29 is 9.59 Å². The van der Waals surface area contributed by atoms with E-state index in [9.17, 15) is 9.59 Å². The maximum absolute atomic E-state index is 13.3. The Balaban J connectivity index is 1.74. The first kappa shape index (κ1) is 23.2. The minimum atomic E-state index is -0.468. The molecule has 2 aromatic rings. The second-order valence-electron chi connectivity index (χ2n) is 10.00. The minimum Gasteiger partial charge on any atom is -0.364 e. The fourth-order valence-electron chi connectivity index (χ4n) is 5.36. The van der Waals surface area contributed by atoms with Gasteiger partial charge in [0.1, 0.15) is 5.57 Å². The number of fused-ring (bicyclic) bond motifs is 1. The van der Waals surface area contributed by atoms with E-state index in [1.165, 1.54) is 16.2 Å². The van der Waals surface area contributed by atoms with Crippen LogP contribution in [-0.2, 0) is 9.59 Å². The number of anilines is 2. The molecule has 6 heteroatoms. The van der Waals surface area contributed by atoms with Gasteiger partial charge >= 0.3 is 0 Å². The van der Waals surface area contributed by atoms with Crippen molar-refractivity contribution in [3.8, 4) is 0 Å². The van der Waals surface area contributed by atoms with E-state index in [1.54, 1.807) is 6.08 Å². The highest BCUT2D eigenvalue weighted by Crippen LogP contribution is 2.44. The third kappa shape index (κ3) is 4.20. The molecule has 0 radical (unpaired) electrons. The first-order valence-electron chi connectivity index (χ1n) is 11.4. The second-order valence-corrected chi connectivity index (χ2v) is 10.4. The third-order valence-corrected chi connectivity index (χ3v) is 6.77. The highest BCUT2D eigenvalue weighted by molar-refractivity contribution is 7.80. The van der Waals surface area contributed by atoms with Crippen LogP contribution in [0.25, 0.3) is 6.08 Å². The van der Waals surface area contributed by atoms with E-state index in [1.807, 2.05) is 37.3 Å². The van der Waals surface area contributed by atoms with Crippen molar-refractivity contribution in [2.45, 2.75) is 65.5 Å². The fraction of sp³-hybridized carbons (Fsp3) is 0.370. The fourth-order valence-corrected chi connectivity index (χ4v) is 5.64. The van der Waals surface area contributed by atoms with Crippen LogP contribution in [-0.4, -0.2) is 28.5 Å². The summed E-state index contributed by atoms with van der Waals surface area (Å²) >= 11 is 5.32. The Labute approximate surface area is 201 Å². The largest absolute Gasteiger partial charge is 0.364 e. The number of benzene rings is 2. The molecule has 2 aromatic carbocycles. The molecule has 1 atom stereocenters. The molecule has 2 amide bonds. The van der Waals surface area contributed by atoms with Gasteiger partial charge in [0.2, 0.25) is 0 Å². The van der Waals surface area contributed by atoms with E-state index >= 15 is 0 Å². The molecule has 33 heavy (non-hydrogen) atoms. The molecule has 2 aliphatic rings. The van der Waals surface area contributed by atoms with Gasteiger partial charge < -0.3 is 4.90 Å². The average molecular weight is 462 g/mol. The summed E-state index contributed by atoms with van der Waals surface area (Å²) in [6, 6.07) is 14.1. The predicted molar refractivity (Wildman–Crippen MR) is 139 cm³/mol. The lowest BCUT2D eigenvalue weighted by Crippen LogP contribution is -2.54. The first-order valence-corrected chi connectivity index (χ1v) is 11.8. The summed E-state index contributed by atoms with van der Waals surface area (Å²) in [5, 5.41) is 2.77. The third-order valence-electron chi connectivity index (χ3n) is 6.49. The van der Waals surface area contributed by atoms with Gasteiger partial charge in [-0.3, -0.25) is 19.8 Å². The molecule has 1 saturated heterocycles. The van der Waals surface area contributed by atoms with Gasteiger partial charge in [-0.15, -0.1) is 0 Å². The second kappa shape index (κ2) is 8.41. The molecule has 2 heterocycles. The van der Waals surface area contributed by atoms with E-state index in [2.05, 4.69) is 57.0 Å². The number of rotatable bonds is 3. The van der Waals surface area contributed by atoms with Crippen molar-refractivity contribution in [3.63, 3.8) is 0 Å². The number of hydrogen-bond donors (Lipinski definition) is 1. The lowest BCUT2D eigenvalue weighted by Gasteiger charge is -2.50. The van der Waals surface area contributed by atoms with Crippen LogP contribution >= 0.6 is 12.2 Å². The molecule has 1 fully saturated rings. The van der Waals surface area contributed by atoms with Crippen molar-refractivity contribution in [1.29, 1.82) is 0 Å². The maximum atomic E-state index is 13.3. The molecule has 172 valence electrons. The summed E-state index contributed by atoms with van der Waals surface area (Å²) in [4.78, 5) is 29.9. The zero-order chi connectivity index (χ0) is 24.1. The first-order chi connectivity index (χ1) is 15.5. The van der Waals surface area contributed by atoms with Crippen LogP contribution < -0.4 is 15.1 Å². The SMILES string of the molecule is Cc1cccc(N2C(=O)/C(=C/c3ccc4c(c3)[C@@H](C)CC(C)(C)N4C(C)C)C(=O)NC2=S)c1. The van der Waals surface area contributed by atoms with Gasteiger partial charge in [-0.2, -0.15) is 0 Å². The molecular formula is C27H31N3O2S. The minimum absolute atomic E-state index is 0.0593. The van der Waals surface area contributed by atoms with Crippen LogP contribution in [0.2, 0.25) is 0 Å². The van der Waals surface area contributed by atoms with Crippen molar-refractivity contribution in [2.24, 2.45) is 0 Å². The summed E-state index contributed by atoms with van der Waals surface area (Å²) in [6.45, 7) is 13.2. The van der Waals surface area contributed by atoms with Crippen LogP contribution in [0.4, 0.5) is 11.4 Å². The number of aryl methyl sites for hydroxylation is 1. The van der Waals surface area contributed by atoms with Crippen LogP contribution in [0.1, 0.15) is 63.6 Å². The van der Waals surface area contributed by atoms with E-state index in [4.69, 9.17) is 12.2 Å². The Bertz CT molecular complexity index is 1180. The quantitative estimate of drug-likeness (QED) is 0.382. The highest BCUT2D eigenvalue weighted by Gasteiger charge is 2.38. The highest BCUT2D eigenvalue weighted by atomic mass is 32.1. The van der Waals surface area contributed by atoms with Gasteiger partial charge in [-0.25, -0.2) is 0 Å². The van der Waals surface area contributed by atoms with Gasteiger partial charge in [0.15, 0.2) is 5.11 Å². The summed E-state index contributed by atoms with van der Waals surface area (Å²) in [7, 11) is 0. The zero-order valence-corrected chi connectivity index (χ0v) is 20.9. The van der Waals surface area contributed by atoms with E-state index < -0.39 is 11.8 Å². The lowest BCUT2D eigenvalue weighted by molar-refractivity contribution is -0.122. The Morgan fingerprint density at radius 3 is 2.55 bits per heavy atom. The van der Waals surface area contributed by atoms with E-state index in [0.717, 1.165) is 17.5 Å². The number of nitrogens with zero attached hydrogens (tertiary/aromatic N) is 2. The standard InChI is InChI=1S/C27H31N3O2S/c1-16(2)30-23-11-10-19(13-21(23)18(4)15-27(30,5)6)14-22-24(31)28-26(33)29(25(22)32)20-9-7-8-17(3)12-20/h7-14,16,18H,15H2,1-6H3,(H,28,31,33)/b22-14+/t18-/m0/s1. The number of hydrogen-bond acceptors (Lipinski definition) is 4. The molecular weight excluding hydrogens is 430 g/mol. The number of carbonyl (C=O) groups is 2. The molecule has 0 spiro atoms. The molecule has 2 aliphatic heterocycles. The molecule has 1 N–H and O–H groups in total. The zero-order valence-electron chi connectivity index (χ0n) is 20.1. The molecule has 0 aromatic heterocycles. The van der Waals surface area contributed by atoms with Crippen LogP contribution in [0.5, 0.6) is 0 Å². The molecule has 0 bridgehead atoms. The van der Waals surface area contributed by atoms with Crippen molar-refractivity contribution in [2.75, 3.05) is 9.80 Å². The summed E-state index contributed by atoms with van der Waals surface area (Å²) in [5.41, 5.74) is 5.08. The van der Waals surface area contributed by atoms with Crippen molar-refractivity contribution in [3.05, 3.63) is 64.7 Å². The summed E-state index contributed by atoms with van der Waals surface area (Å²) in [5.74, 6) is -0.509. The van der Waals surface area contributed by atoms with Crippen LogP contribution in [0.15, 0.2) is 48.0 Å². The van der Waals surface area contributed by atoms with Crippen LogP contribution in [0.3, 0.4) is 0 Å². The lowest BCUT2D eigenvalue weighted by atomic mass is 9.78. The van der Waals surface area contributed by atoms with Gasteiger partial charge in [0.25, 0.3) is 11.8 Å². The Kier molecular flexibility index (Phi) is 5.91. The normalized spacial score (nSPS) is 21.5. The molecule has 0 saturated carbocycles. The van der Waals surface area contributed by atoms with Gasteiger partial charge in [-0.05, 0) is 106 Å². The van der Waals surface area contributed by atoms with E-state index in [-0.39, 0.29) is 16.2 Å².